The molecule has 0 aliphatic carbocycles. The smallest absolute Gasteiger partial charge is 0.114 e. The van der Waals surface area contributed by atoms with Crippen molar-refractivity contribution in [1.29, 1.82) is 0 Å². The van der Waals surface area contributed by atoms with Gasteiger partial charge in [-0.15, -0.1) is 10.8 Å². The van der Waals surface area contributed by atoms with Gasteiger partial charge < -0.3 is 0 Å². The molecule has 0 amide bonds. The fourth-order valence-corrected chi connectivity index (χ4v) is 23.7. The van der Waals surface area contributed by atoms with Crippen LogP contribution < -0.4 is 0 Å². The highest BCUT2D eigenvalue weighted by Gasteiger charge is 2.23. The molecule has 0 nitrogen and oxygen atoms in total. The summed E-state index contributed by atoms with van der Waals surface area (Å²) < 4.78 is 0. The van der Waals surface area contributed by atoms with E-state index in [-0.39, 0.29) is 0 Å². The minimum absolute atomic E-state index is 0.973. The van der Waals surface area contributed by atoms with Crippen molar-refractivity contribution in [2.75, 3.05) is 12.3 Å². The highest BCUT2D eigenvalue weighted by molar-refractivity contribution is 8.81. The van der Waals surface area contributed by atoms with Crippen molar-refractivity contribution >= 4 is 35.1 Å². The van der Waals surface area contributed by atoms with E-state index in [9.17, 15) is 0 Å². The van der Waals surface area contributed by atoms with Gasteiger partial charge in [0.2, 0.25) is 0 Å². The van der Waals surface area contributed by atoms with Crippen LogP contribution in [0.1, 0.15) is 13.8 Å². The first kappa shape index (κ1) is 12.2. The van der Waals surface area contributed by atoms with Crippen LogP contribution in [0.15, 0.2) is 0 Å². The molecule has 0 aromatic rings. The molecule has 0 spiro atoms. The average Bonchev–Trinajstić information content (AvgIpc) is 1.84. The maximum atomic E-state index is 5.66. The van der Waals surface area contributed by atoms with Crippen LogP contribution in [0.4, 0.5) is 0 Å². The van der Waals surface area contributed by atoms with E-state index in [1.165, 1.54) is 12.3 Å². The van der Waals surface area contributed by atoms with E-state index in [1.807, 2.05) is 0 Å². The fraction of sp³-hybridized carbons (Fsp3) is 1.00. The summed E-state index contributed by atoms with van der Waals surface area (Å²) in [5.74, 6) is 0. The molecule has 0 bridgehead atoms. The highest BCUT2D eigenvalue weighted by Crippen LogP contribution is 2.61. The van der Waals surface area contributed by atoms with Gasteiger partial charge in [-0.1, -0.05) is 45.3 Å². The lowest BCUT2D eigenvalue weighted by Gasteiger charge is -2.25. The minimum Gasteiger partial charge on any atom is -0.149 e. The fourth-order valence-electron chi connectivity index (χ4n) is 0.852. The van der Waals surface area contributed by atoms with Gasteiger partial charge in [-0.05, 0) is 12.3 Å². The van der Waals surface area contributed by atoms with Crippen molar-refractivity contribution in [3.63, 3.8) is 0 Å². The Morgan fingerprint density at radius 3 is 1.64 bits per heavy atom. The largest absolute Gasteiger partial charge is 0.149 e. The van der Waals surface area contributed by atoms with E-state index in [0.717, 1.165) is 0 Å². The first-order valence-corrected chi connectivity index (χ1v) is 12.9. The van der Waals surface area contributed by atoms with Crippen molar-refractivity contribution in [2.45, 2.75) is 33.5 Å². The van der Waals surface area contributed by atoms with E-state index in [4.69, 9.17) is 11.8 Å². The molecule has 0 fully saturated rings. The average molecular weight is 226 g/mol. The summed E-state index contributed by atoms with van der Waals surface area (Å²) in [6.07, 6.45) is 2.46. The highest BCUT2D eigenvalue weighted by atomic mass is 33.0. The van der Waals surface area contributed by atoms with Gasteiger partial charge in [0.25, 0.3) is 0 Å². The third-order valence-corrected chi connectivity index (χ3v) is 19.9. The summed E-state index contributed by atoms with van der Waals surface area (Å²) in [6, 6.07) is 0. The van der Waals surface area contributed by atoms with Gasteiger partial charge in [0.15, 0.2) is 0 Å². The van der Waals surface area contributed by atoms with Crippen molar-refractivity contribution in [1.82, 2.24) is 0 Å². The maximum absolute atomic E-state index is 5.66. The molecular formula is C7H19PS2Si. The lowest BCUT2D eigenvalue weighted by Crippen LogP contribution is -2.14. The van der Waals surface area contributed by atoms with Crippen LogP contribution in [-0.2, 0) is 11.8 Å². The number of rotatable bonds is 4. The second-order valence-electron chi connectivity index (χ2n) is 3.65. The molecule has 0 aliphatic rings. The van der Waals surface area contributed by atoms with Crippen LogP contribution in [0.2, 0.25) is 19.6 Å². The molecule has 0 N–H and O–H groups in total. The lowest BCUT2D eigenvalue weighted by molar-refractivity contribution is 1.43. The molecule has 0 heterocycles. The Hall–Kier alpha value is 1.22. The first-order chi connectivity index (χ1) is 4.83. The van der Waals surface area contributed by atoms with Crippen LogP contribution in [0.25, 0.3) is 0 Å². The van der Waals surface area contributed by atoms with Gasteiger partial charge in [0, 0.05) is 5.24 Å². The van der Waals surface area contributed by atoms with Crippen molar-refractivity contribution in [2.24, 2.45) is 0 Å². The summed E-state index contributed by atoms with van der Waals surface area (Å²) in [5, 5.41) is -0.991. The van der Waals surface area contributed by atoms with Gasteiger partial charge in [-0.2, -0.15) is 0 Å². The summed E-state index contributed by atoms with van der Waals surface area (Å²) in [4.78, 5) is 0. The zero-order valence-electron chi connectivity index (χ0n) is 8.18. The third kappa shape index (κ3) is 5.45. The maximum Gasteiger partial charge on any atom is 0.114 e. The zero-order chi connectivity index (χ0) is 9.12. The van der Waals surface area contributed by atoms with E-state index in [1.54, 1.807) is 0 Å². The van der Waals surface area contributed by atoms with Crippen LogP contribution in [0.3, 0.4) is 0 Å². The monoisotopic (exact) mass is 226 g/mol. The number of hydrogen-bond donors (Lipinski definition) is 0. The van der Waals surface area contributed by atoms with Gasteiger partial charge in [-0.3, -0.25) is 0 Å². The predicted octanol–water partition coefficient (Wildman–Crippen LogP) is 3.99. The molecule has 0 radical (unpaired) electrons. The van der Waals surface area contributed by atoms with Gasteiger partial charge >= 0.3 is 0 Å². The van der Waals surface area contributed by atoms with Gasteiger partial charge in [0.05, 0.1) is 0 Å². The molecule has 0 aliphatic heterocycles. The molecule has 0 saturated heterocycles. The third-order valence-electron chi connectivity index (χ3n) is 1.40. The van der Waals surface area contributed by atoms with Crippen molar-refractivity contribution in [3.05, 3.63) is 0 Å². The van der Waals surface area contributed by atoms with Crippen LogP contribution in [0.5, 0.6) is 0 Å². The Morgan fingerprint density at radius 2 is 1.55 bits per heavy atom. The standard InChI is InChI=1S/C7H19PS2Si/c1-6-8(9,7-2)10-11(3,4)5/h6-7H2,1-5H3. The van der Waals surface area contributed by atoms with Gasteiger partial charge in [0.1, 0.15) is 7.22 Å². The quantitative estimate of drug-likeness (QED) is 0.525. The normalized spacial score (nSPS) is 13.5. The predicted molar refractivity (Wildman–Crippen MR) is 66.3 cm³/mol. The Balaban J connectivity index is 4.21. The second kappa shape index (κ2) is 4.45. The molecule has 0 rings (SSSR count). The molecule has 0 saturated carbocycles. The lowest BCUT2D eigenvalue weighted by atomic mass is 11.0. The van der Waals surface area contributed by atoms with E-state index in [0.29, 0.717) is 0 Å². The zero-order valence-corrected chi connectivity index (χ0v) is 11.7. The molecule has 0 aromatic heterocycles. The van der Waals surface area contributed by atoms with Crippen molar-refractivity contribution < 1.29 is 0 Å². The van der Waals surface area contributed by atoms with Gasteiger partial charge in [-0.25, -0.2) is 0 Å². The van der Waals surface area contributed by atoms with E-state index >= 15 is 0 Å². The molecule has 11 heavy (non-hydrogen) atoms. The molecule has 68 valence electrons. The Kier molecular flexibility index (Phi) is 4.94. The summed E-state index contributed by atoms with van der Waals surface area (Å²) in [7, 11) is 1.20. The second-order valence-corrected chi connectivity index (χ2v) is 21.7. The van der Waals surface area contributed by atoms with Crippen LogP contribution >= 0.6 is 16.1 Å². The molecule has 0 unspecified atom stereocenters. The molecule has 0 aromatic carbocycles. The Labute approximate surface area is 80.9 Å². The molecule has 0 atom stereocenters. The minimum atomic E-state index is -0.991. The Morgan fingerprint density at radius 1 is 1.18 bits per heavy atom. The summed E-state index contributed by atoms with van der Waals surface area (Å²) in [6.45, 7) is 11.7. The Bertz CT molecular complexity index is 154. The molecular weight excluding hydrogens is 207 g/mol. The van der Waals surface area contributed by atoms with Crippen LogP contribution in [0, 0.1) is 0 Å². The topological polar surface area (TPSA) is 0 Å². The first-order valence-electron chi connectivity index (χ1n) is 4.12. The SMILES string of the molecule is CCP(=S)(CC)S[Si](C)(C)C. The summed E-state index contributed by atoms with van der Waals surface area (Å²) in [5.41, 5.74) is 0. The van der Waals surface area contributed by atoms with E-state index in [2.05, 4.69) is 44.3 Å². The summed E-state index contributed by atoms with van der Waals surface area (Å²) >= 11 is 5.66. The van der Waals surface area contributed by atoms with E-state index < -0.39 is 12.5 Å². The molecule has 4 heteroatoms. The van der Waals surface area contributed by atoms with Crippen LogP contribution in [-0.4, -0.2) is 19.5 Å². The number of hydrogen-bond acceptors (Lipinski definition) is 2. The van der Waals surface area contributed by atoms with Crippen molar-refractivity contribution in [3.8, 4) is 0 Å².